The number of halogens is 1. The molecule has 0 saturated heterocycles. The predicted octanol–water partition coefficient (Wildman–Crippen LogP) is 2.45. The molecule has 2 aliphatic carbocycles. The average Bonchev–Trinajstić information content (AvgIpc) is 3.02. The molecule has 3 rings (SSSR count). The molecule has 3 N–H and O–H groups in total. The van der Waals surface area contributed by atoms with Crippen LogP contribution in [0.4, 0.5) is 4.39 Å². The minimum Gasteiger partial charge on any atom is -0.366 e. The minimum absolute atomic E-state index is 0.222. The number of carbonyl (C=O) groups excluding carboxylic acids is 1. The molecule has 0 radical (unpaired) electrons. The number of rotatable bonds is 5. The Labute approximate surface area is 118 Å². The lowest BCUT2D eigenvalue weighted by atomic mass is 9.89. The van der Waals surface area contributed by atoms with Gasteiger partial charge in [-0.1, -0.05) is 12.5 Å². The molecule has 2 bridgehead atoms. The number of nitrogens with one attached hydrogen (secondary N) is 1. The number of hydrogen-bond donors (Lipinski definition) is 2. The van der Waals surface area contributed by atoms with Gasteiger partial charge in [-0.05, 0) is 55.7 Å². The molecule has 1 amide bonds. The molecular formula is C16H21FN2O. The summed E-state index contributed by atoms with van der Waals surface area (Å²) < 4.78 is 13.8. The van der Waals surface area contributed by atoms with Crippen molar-refractivity contribution in [2.75, 3.05) is 6.54 Å². The number of fused-ring (bicyclic) bond motifs is 2. The van der Waals surface area contributed by atoms with Crippen LogP contribution in [0.1, 0.15) is 41.6 Å². The van der Waals surface area contributed by atoms with E-state index in [1.807, 2.05) is 0 Å². The molecule has 0 spiro atoms. The summed E-state index contributed by atoms with van der Waals surface area (Å²) >= 11 is 0. The molecule has 0 aromatic heterocycles. The maximum absolute atomic E-state index is 13.8. The second-order valence-corrected chi connectivity index (χ2v) is 6.24. The summed E-state index contributed by atoms with van der Waals surface area (Å²) in [6.45, 7) is 1.48. The van der Waals surface area contributed by atoms with Gasteiger partial charge in [0.15, 0.2) is 0 Å². The lowest BCUT2D eigenvalue weighted by molar-refractivity contribution is 0.1000. The van der Waals surface area contributed by atoms with Crippen molar-refractivity contribution >= 4 is 5.91 Å². The van der Waals surface area contributed by atoms with E-state index < -0.39 is 5.91 Å². The third kappa shape index (κ3) is 2.70. The average molecular weight is 276 g/mol. The van der Waals surface area contributed by atoms with Crippen LogP contribution in [0, 0.1) is 23.6 Å². The smallest absolute Gasteiger partial charge is 0.248 e. The highest BCUT2D eigenvalue weighted by Gasteiger charge is 2.38. The SMILES string of the molecule is NC(=O)c1ccc(CNCC2CC3CCC2C3)c(F)c1. The first-order chi connectivity index (χ1) is 9.63. The Balaban J connectivity index is 1.52. The van der Waals surface area contributed by atoms with Gasteiger partial charge in [-0.15, -0.1) is 0 Å². The second-order valence-electron chi connectivity index (χ2n) is 6.24. The van der Waals surface area contributed by atoms with Gasteiger partial charge in [0.25, 0.3) is 0 Å². The quantitative estimate of drug-likeness (QED) is 0.868. The van der Waals surface area contributed by atoms with E-state index in [0.717, 1.165) is 24.3 Å². The van der Waals surface area contributed by atoms with Gasteiger partial charge in [-0.3, -0.25) is 4.79 Å². The van der Waals surface area contributed by atoms with E-state index in [-0.39, 0.29) is 11.4 Å². The Morgan fingerprint density at radius 2 is 2.20 bits per heavy atom. The van der Waals surface area contributed by atoms with Gasteiger partial charge in [-0.25, -0.2) is 4.39 Å². The zero-order valence-electron chi connectivity index (χ0n) is 11.6. The summed E-state index contributed by atoms with van der Waals surface area (Å²) in [6, 6.07) is 4.44. The van der Waals surface area contributed by atoms with Crippen molar-refractivity contribution in [3.8, 4) is 0 Å². The third-order valence-corrected chi connectivity index (χ3v) is 4.94. The van der Waals surface area contributed by atoms with Gasteiger partial charge >= 0.3 is 0 Å². The Kier molecular flexibility index (Phi) is 3.74. The standard InChI is InChI=1S/C16H21FN2O/c17-15-7-12(16(18)20)3-4-13(15)8-19-9-14-6-10-1-2-11(14)5-10/h3-4,7,10-11,14,19H,1-2,5-6,8-9H2,(H2,18,20). The zero-order valence-corrected chi connectivity index (χ0v) is 11.6. The van der Waals surface area contributed by atoms with E-state index in [4.69, 9.17) is 5.73 Å². The summed E-state index contributed by atoms with van der Waals surface area (Å²) in [5.41, 5.74) is 5.95. The number of hydrogen-bond acceptors (Lipinski definition) is 2. The first kappa shape index (κ1) is 13.6. The molecule has 2 saturated carbocycles. The second kappa shape index (κ2) is 5.52. The van der Waals surface area contributed by atoms with E-state index >= 15 is 0 Å². The van der Waals surface area contributed by atoms with Crippen LogP contribution in [-0.4, -0.2) is 12.5 Å². The number of nitrogens with two attached hydrogens (primary N) is 1. The molecule has 3 atom stereocenters. The number of carbonyl (C=O) groups is 1. The Morgan fingerprint density at radius 1 is 1.35 bits per heavy atom. The normalized spacial score (nSPS) is 27.9. The molecule has 1 aromatic rings. The molecule has 2 aliphatic rings. The summed E-state index contributed by atoms with van der Waals surface area (Å²) in [7, 11) is 0. The van der Waals surface area contributed by atoms with Crippen molar-refractivity contribution in [3.05, 3.63) is 35.1 Å². The van der Waals surface area contributed by atoms with Crippen molar-refractivity contribution in [1.29, 1.82) is 0 Å². The van der Waals surface area contributed by atoms with Crippen LogP contribution < -0.4 is 11.1 Å². The van der Waals surface area contributed by atoms with Crippen molar-refractivity contribution in [1.82, 2.24) is 5.32 Å². The van der Waals surface area contributed by atoms with Gasteiger partial charge in [-0.2, -0.15) is 0 Å². The van der Waals surface area contributed by atoms with Crippen LogP contribution in [0.25, 0.3) is 0 Å². The van der Waals surface area contributed by atoms with Crippen LogP contribution in [0.15, 0.2) is 18.2 Å². The monoisotopic (exact) mass is 276 g/mol. The van der Waals surface area contributed by atoms with Gasteiger partial charge in [0.05, 0.1) is 0 Å². The van der Waals surface area contributed by atoms with Gasteiger partial charge in [0.1, 0.15) is 5.82 Å². The van der Waals surface area contributed by atoms with Gasteiger partial charge in [0, 0.05) is 17.7 Å². The largest absolute Gasteiger partial charge is 0.366 e. The Hall–Kier alpha value is -1.42. The molecular weight excluding hydrogens is 255 g/mol. The zero-order chi connectivity index (χ0) is 14.1. The fourth-order valence-corrected chi connectivity index (χ4v) is 3.86. The molecule has 4 heteroatoms. The number of amides is 1. The topological polar surface area (TPSA) is 55.1 Å². The summed E-state index contributed by atoms with van der Waals surface area (Å²) in [6.07, 6.45) is 5.51. The maximum Gasteiger partial charge on any atom is 0.248 e. The Bertz CT molecular complexity index is 517. The van der Waals surface area contributed by atoms with E-state index in [2.05, 4.69) is 5.32 Å². The summed E-state index contributed by atoms with van der Waals surface area (Å²) in [5.74, 6) is 1.64. The molecule has 3 unspecified atom stereocenters. The maximum atomic E-state index is 13.8. The van der Waals surface area contributed by atoms with Crippen LogP contribution in [0.3, 0.4) is 0 Å². The van der Waals surface area contributed by atoms with Crippen LogP contribution >= 0.6 is 0 Å². The highest BCUT2D eigenvalue weighted by molar-refractivity contribution is 5.92. The molecule has 20 heavy (non-hydrogen) atoms. The molecule has 108 valence electrons. The van der Waals surface area contributed by atoms with Crippen LogP contribution in [-0.2, 0) is 6.54 Å². The van der Waals surface area contributed by atoms with E-state index in [1.54, 1.807) is 12.1 Å². The molecule has 0 heterocycles. The number of benzene rings is 1. The van der Waals surface area contributed by atoms with Crippen molar-refractivity contribution < 1.29 is 9.18 Å². The minimum atomic E-state index is -0.592. The first-order valence-corrected chi connectivity index (χ1v) is 7.42. The van der Waals surface area contributed by atoms with Crippen LogP contribution in [0.2, 0.25) is 0 Å². The third-order valence-electron chi connectivity index (χ3n) is 4.94. The van der Waals surface area contributed by atoms with Crippen molar-refractivity contribution in [2.45, 2.75) is 32.2 Å². The molecule has 0 aliphatic heterocycles. The highest BCUT2D eigenvalue weighted by atomic mass is 19.1. The van der Waals surface area contributed by atoms with E-state index in [1.165, 1.54) is 31.7 Å². The van der Waals surface area contributed by atoms with Crippen LogP contribution in [0.5, 0.6) is 0 Å². The predicted molar refractivity (Wildman–Crippen MR) is 75.6 cm³/mol. The van der Waals surface area contributed by atoms with Crippen molar-refractivity contribution in [3.63, 3.8) is 0 Å². The fourth-order valence-electron chi connectivity index (χ4n) is 3.86. The molecule has 3 nitrogen and oxygen atoms in total. The molecule has 2 fully saturated rings. The van der Waals surface area contributed by atoms with Crippen molar-refractivity contribution in [2.24, 2.45) is 23.5 Å². The highest BCUT2D eigenvalue weighted by Crippen LogP contribution is 2.47. The first-order valence-electron chi connectivity index (χ1n) is 7.42. The molecule has 1 aromatic carbocycles. The van der Waals surface area contributed by atoms with Gasteiger partial charge < -0.3 is 11.1 Å². The Morgan fingerprint density at radius 3 is 2.80 bits per heavy atom. The lowest BCUT2D eigenvalue weighted by Gasteiger charge is -2.22. The number of primary amides is 1. The summed E-state index contributed by atoms with van der Waals surface area (Å²) in [4.78, 5) is 11.0. The van der Waals surface area contributed by atoms with E-state index in [9.17, 15) is 9.18 Å². The fraction of sp³-hybridized carbons (Fsp3) is 0.562. The van der Waals surface area contributed by atoms with Gasteiger partial charge in [0.2, 0.25) is 5.91 Å². The lowest BCUT2D eigenvalue weighted by Crippen LogP contribution is -2.26. The summed E-state index contributed by atoms with van der Waals surface area (Å²) in [5, 5.41) is 3.36. The van der Waals surface area contributed by atoms with E-state index in [0.29, 0.717) is 12.1 Å².